The van der Waals surface area contributed by atoms with Gasteiger partial charge in [-0.25, -0.2) is 0 Å². The lowest BCUT2D eigenvalue weighted by Gasteiger charge is -2.28. The fourth-order valence-electron chi connectivity index (χ4n) is 4.22. The standard InChI is InChI=1S/C17H22ClN3O3/c1-10(14-7-11-2-3-12(14)6-11)19-9-17(22)20-16-5-4-13(21(23)24)8-15(16)18/h4-5,8,10-12,14,19H,2-3,6-7,9H2,1H3,(H,20,22)/t10-,11+,12+,14+/m1/s1. The zero-order valence-electron chi connectivity index (χ0n) is 13.6. The Bertz CT molecular complexity index is 652. The van der Waals surface area contributed by atoms with Gasteiger partial charge in [0.15, 0.2) is 0 Å². The molecule has 2 fully saturated rings. The minimum atomic E-state index is -0.518. The van der Waals surface area contributed by atoms with Crippen LogP contribution < -0.4 is 10.6 Å². The molecule has 6 nitrogen and oxygen atoms in total. The first-order valence-electron chi connectivity index (χ1n) is 8.41. The largest absolute Gasteiger partial charge is 0.324 e. The summed E-state index contributed by atoms with van der Waals surface area (Å²) in [6.45, 7) is 2.36. The number of nitrogens with zero attached hydrogens (tertiary/aromatic N) is 1. The van der Waals surface area contributed by atoms with Crippen LogP contribution >= 0.6 is 11.6 Å². The number of carbonyl (C=O) groups is 1. The van der Waals surface area contributed by atoms with Gasteiger partial charge in [-0.1, -0.05) is 18.0 Å². The molecule has 0 unspecified atom stereocenters. The van der Waals surface area contributed by atoms with E-state index in [9.17, 15) is 14.9 Å². The first-order chi connectivity index (χ1) is 11.4. The molecule has 2 N–H and O–H groups in total. The molecule has 2 aliphatic rings. The van der Waals surface area contributed by atoms with Crippen LogP contribution in [0, 0.1) is 27.9 Å². The van der Waals surface area contributed by atoms with Crippen LogP contribution in [0.1, 0.15) is 32.6 Å². The quantitative estimate of drug-likeness (QED) is 0.605. The number of fused-ring (bicyclic) bond motifs is 2. The molecule has 24 heavy (non-hydrogen) atoms. The van der Waals surface area contributed by atoms with E-state index in [2.05, 4.69) is 17.6 Å². The smallest absolute Gasteiger partial charge is 0.271 e. The van der Waals surface area contributed by atoms with E-state index in [1.54, 1.807) is 0 Å². The van der Waals surface area contributed by atoms with Gasteiger partial charge in [0.05, 0.1) is 22.2 Å². The number of nitro groups is 1. The van der Waals surface area contributed by atoms with E-state index < -0.39 is 4.92 Å². The minimum Gasteiger partial charge on any atom is -0.324 e. The molecule has 1 amide bonds. The highest BCUT2D eigenvalue weighted by atomic mass is 35.5. The first kappa shape index (κ1) is 17.2. The number of hydrogen-bond donors (Lipinski definition) is 2. The topological polar surface area (TPSA) is 84.3 Å². The Morgan fingerprint density at radius 2 is 2.21 bits per heavy atom. The van der Waals surface area contributed by atoms with Crippen LogP contribution in [-0.4, -0.2) is 23.4 Å². The van der Waals surface area contributed by atoms with E-state index in [0.29, 0.717) is 17.6 Å². The second-order valence-corrected chi connectivity index (χ2v) is 7.38. The summed E-state index contributed by atoms with van der Waals surface area (Å²) in [5, 5.41) is 16.9. The molecule has 0 aliphatic heterocycles. The average Bonchev–Trinajstić information content (AvgIpc) is 3.17. The molecule has 0 spiro atoms. The summed E-state index contributed by atoms with van der Waals surface area (Å²) >= 11 is 5.99. The van der Waals surface area contributed by atoms with Crippen molar-refractivity contribution in [2.45, 2.75) is 38.6 Å². The van der Waals surface area contributed by atoms with Crippen LogP contribution in [0.25, 0.3) is 0 Å². The van der Waals surface area contributed by atoms with Gasteiger partial charge < -0.3 is 10.6 Å². The van der Waals surface area contributed by atoms with Crippen LogP contribution in [0.4, 0.5) is 11.4 Å². The van der Waals surface area contributed by atoms with Gasteiger partial charge in [0.25, 0.3) is 5.69 Å². The highest BCUT2D eigenvalue weighted by Gasteiger charge is 2.41. The van der Waals surface area contributed by atoms with Crippen molar-refractivity contribution in [1.29, 1.82) is 0 Å². The molecule has 2 saturated carbocycles. The van der Waals surface area contributed by atoms with Gasteiger partial charge in [-0.05, 0) is 50.0 Å². The fourth-order valence-corrected chi connectivity index (χ4v) is 4.45. The monoisotopic (exact) mass is 351 g/mol. The van der Waals surface area contributed by atoms with E-state index in [-0.39, 0.29) is 23.2 Å². The van der Waals surface area contributed by atoms with Crippen molar-refractivity contribution in [2.75, 3.05) is 11.9 Å². The van der Waals surface area contributed by atoms with Gasteiger partial charge in [-0.15, -0.1) is 0 Å². The lowest BCUT2D eigenvalue weighted by Crippen LogP contribution is -2.40. The third-order valence-electron chi connectivity index (χ3n) is 5.46. The summed E-state index contributed by atoms with van der Waals surface area (Å²) in [5.41, 5.74) is 0.294. The maximum atomic E-state index is 12.1. The van der Waals surface area contributed by atoms with Gasteiger partial charge in [-0.3, -0.25) is 14.9 Å². The van der Waals surface area contributed by atoms with E-state index >= 15 is 0 Å². The SMILES string of the molecule is C[C@@H](NCC(=O)Nc1ccc([N+](=O)[O-])cc1Cl)[C@@H]1C[C@H]2CC[C@H]1C2. The zero-order valence-corrected chi connectivity index (χ0v) is 14.4. The van der Waals surface area contributed by atoms with Crippen LogP contribution in [-0.2, 0) is 4.79 Å². The van der Waals surface area contributed by atoms with Crippen LogP contribution in [0.5, 0.6) is 0 Å². The molecule has 2 bridgehead atoms. The molecule has 130 valence electrons. The molecule has 1 aromatic rings. The fraction of sp³-hybridized carbons (Fsp3) is 0.588. The number of halogens is 1. The van der Waals surface area contributed by atoms with Gasteiger partial charge in [-0.2, -0.15) is 0 Å². The maximum absolute atomic E-state index is 12.1. The number of carbonyl (C=O) groups excluding carboxylic acids is 1. The Labute approximate surface area is 146 Å². The number of anilines is 1. The number of non-ortho nitro benzene ring substituents is 1. The predicted octanol–water partition coefficient (Wildman–Crippen LogP) is 3.60. The van der Waals surface area contributed by atoms with E-state index in [1.807, 2.05) is 0 Å². The lowest BCUT2D eigenvalue weighted by molar-refractivity contribution is -0.384. The van der Waals surface area contributed by atoms with Gasteiger partial charge in [0.1, 0.15) is 0 Å². The molecule has 1 aromatic carbocycles. The maximum Gasteiger partial charge on any atom is 0.271 e. The van der Waals surface area contributed by atoms with Crippen molar-refractivity contribution >= 4 is 28.9 Å². The van der Waals surface area contributed by atoms with Crippen LogP contribution in [0.15, 0.2) is 18.2 Å². The molecule has 4 atom stereocenters. The third-order valence-corrected chi connectivity index (χ3v) is 5.77. The van der Waals surface area contributed by atoms with E-state index in [1.165, 1.54) is 43.9 Å². The summed E-state index contributed by atoms with van der Waals surface area (Å²) in [7, 11) is 0. The normalized spacial score (nSPS) is 26.3. The number of amides is 1. The summed E-state index contributed by atoms with van der Waals surface area (Å²) < 4.78 is 0. The highest BCUT2D eigenvalue weighted by molar-refractivity contribution is 6.34. The third kappa shape index (κ3) is 3.70. The minimum absolute atomic E-state index is 0.0963. The van der Waals surface area contributed by atoms with Crippen molar-refractivity contribution in [3.63, 3.8) is 0 Å². The van der Waals surface area contributed by atoms with Gasteiger partial charge >= 0.3 is 0 Å². The Balaban J connectivity index is 1.50. The average molecular weight is 352 g/mol. The number of nitrogens with one attached hydrogen (secondary N) is 2. The molecule has 3 rings (SSSR count). The van der Waals surface area contributed by atoms with Crippen molar-refractivity contribution < 1.29 is 9.72 Å². The zero-order chi connectivity index (χ0) is 17.3. The first-order valence-corrected chi connectivity index (χ1v) is 8.79. The molecular weight excluding hydrogens is 330 g/mol. The van der Waals surface area contributed by atoms with Crippen molar-refractivity contribution in [3.05, 3.63) is 33.3 Å². The van der Waals surface area contributed by atoms with E-state index in [4.69, 9.17) is 11.6 Å². The van der Waals surface area contributed by atoms with Gasteiger partial charge in [0.2, 0.25) is 5.91 Å². The Morgan fingerprint density at radius 1 is 1.42 bits per heavy atom. The van der Waals surface area contributed by atoms with Crippen molar-refractivity contribution in [1.82, 2.24) is 5.32 Å². The molecule has 2 aliphatic carbocycles. The summed E-state index contributed by atoms with van der Waals surface area (Å²) in [5.74, 6) is 2.17. The van der Waals surface area contributed by atoms with Gasteiger partial charge in [0, 0.05) is 18.2 Å². The summed E-state index contributed by atoms with van der Waals surface area (Å²) in [6, 6.07) is 4.34. The van der Waals surface area contributed by atoms with Crippen LogP contribution in [0.2, 0.25) is 5.02 Å². The Hall–Kier alpha value is -1.66. The summed E-state index contributed by atoms with van der Waals surface area (Å²) in [6.07, 6.45) is 5.31. The van der Waals surface area contributed by atoms with Crippen molar-refractivity contribution in [2.24, 2.45) is 17.8 Å². The Morgan fingerprint density at radius 3 is 2.79 bits per heavy atom. The highest BCUT2D eigenvalue weighted by Crippen LogP contribution is 2.49. The molecule has 0 aromatic heterocycles. The summed E-state index contributed by atoms with van der Waals surface area (Å²) in [4.78, 5) is 22.3. The molecule has 7 heteroatoms. The second-order valence-electron chi connectivity index (χ2n) is 6.98. The second kappa shape index (κ2) is 7.07. The number of hydrogen-bond acceptors (Lipinski definition) is 4. The van der Waals surface area contributed by atoms with Crippen molar-refractivity contribution in [3.8, 4) is 0 Å². The number of nitro benzene ring substituents is 1. The molecule has 0 heterocycles. The predicted molar refractivity (Wildman–Crippen MR) is 93.1 cm³/mol. The molecule has 0 radical (unpaired) electrons. The number of benzene rings is 1. The number of rotatable bonds is 6. The molecular formula is C17H22ClN3O3. The van der Waals surface area contributed by atoms with Crippen LogP contribution in [0.3, 0.4) is 0 Å². The Kier molecular flexibility index (Phi) is 5.06. The van der Waals surface area contributed by atoms with E-state index in [0.717, 1.165) is 11.8 Å². The lowest BCUT2D eigenvalue weighted by atomic mass is 9.84. The molecule has 0 saturated heterocycles.